The van der Waals surface area contributed by atoms with Crippen molar-refractivity contribution in [1.82, 2.24) is 0 Å². The van der Waals surface area contributed by atoms with E-state index in [4.69, 9.17) is 52.1 Å². The van der Waals surface area contributed by atoms with Gasteiger partial charge >= 0.3 is 41.8 Å². The predicted molar refractivity (Wildman–Crippen MR) is 207 cm³/mol. The molecule has 2 heterocycles. The minimum atomic E-state index is -1.77. The van der Waals surface area contributed by atoms with Crippen molar-refractivity contribution in [2.24, 2.45) is 5.92 Å². The van der Waals surface area contributed by atoms with Crippen molar-refractivity contribution >= 4 is 65.3 Å². The first-order valence-corrected chi connectivity index (χ1v) is 21.6. The lowest BCUT2D eigenvalue weighted by molar-refractivity contribution is -0.361. The Hall–Kier alpha value is -3.17. The van der Waals surface area contributed by atoms with Crippen molar-refractivity contribution in [2.75, 3.05) is 42.8 Å². The van der Waals surface area contributed by atoms with E-state index in [-0.39, 0.29) is 12.5 Å². The molecule has 2 saturated heterocycles. The summed E-state index contributed by atoms with van der Waals surface area (Å²) in [6, 6.07) is 0. The van der Waals surface area contributed by atoms with E-state index in [9.17, 15) is 33.6 Å². The second kappa shape index (κ2) is 26.8. The van der Waals surface area contributed by atoms with Gasteiger partial charge in [-0.3, -0.25) is 33.6 Å². The molecule has 2 aliphatic heterocycles. The summed E-state index contributed by atoms with van der Waals surface area (Å²) in [7, 11) is 0. The maximum Gasteiger partial charge on any atom is 0.303 e. The van der Waals surface area contributed by atoms with Gasteiger partial charge in [0.25, 0.3) is 0 Å². The smallest absolute Gasteiger partial charge is 0.303 e. The van der Waals surface area contributed by atoms with Crippen LogP contribution in [0.4, 0.5) is 0 Å². The van der Waals surface area contributed by atoms with Crippen molar-refractivity contribution in [3.8, 4) is 0 Å². The highest BCUT2D eigenvalue weighted by Gasteiger charge is 2.57. The summed E-state index contributed by atoms with van der Waals surface area (Å²) in [5, 5.41) is 0. The van der Waals surface area contributed by atoms with E-state index in [1.54, 1.807) is 23.5 Å². The molecule has 0 aliphatic carbocycles. The molecule has 0 amide bonds. The van der Waals surface area contributed by atoms with Gasteiger partial charge in [0, 0.05) is 54.4 Å². The molecule has 18 nitrogen and oxygen atoms in total. The summed E-state index contributed by atoms with van der Waals surface area (Å²) >= 11 is 3.60. The van der Waals surface area contributed by atoms with Crippen LogP contribution < -0.4 is 0 Å². The van der Waals surface area contributed by atoms with Crippen molar-refractivity contribution in [3.63, 3.8) is 0 Å². The molecule has 0 N–H and O–H groups in total. The minimum Gasteiger partial charge on any atom is -0.463 e. The Kier molecular flexibility index (Phi) is 23.6. The number of carbonyl (C=O) groups excluding carboxylic acids is 7. The van der Waals surface area contributed by atoms with Crippen molar-refractivity contribution in [3.05, 3.63) is 0 Å². The van der Waals surface area contributed by atoms with Crippen molar-refractivity contribution < 1.29 is 85.7 Å². The molecule has 20 heteroatoms. The quantitative estimate of drug-likeness (QED) is 0.0771. The average molecular weight is 869 g/mol. The molecule has 2 aliphatic rings. The lowest BCUT2D eigenvalue weighted by atomic mass is 9.96. The SMILES string of the molecule is CCCCSCC(CO[C@@H]1O[C@H](COC(C)=O)[C@H](O[C@H]2O[C@H](COC(C)=O)[C@H](OC(C)=O)[C@H](OC(C)=O)[C@H]2OC(C)=O)[C@H](OC(C)=O)[C@H]1OC(C)=O)CSCCCC. The second-order valence-electron chi connectivity index (χ2n) is 13.7. The number of rotatable bonds is 24. The van der Waals surface area contributed by atoms with Crippen LogP contribution in [0.25, 0.3) is 0 Å². The highest BCUT2D eigenvalue weighted by molar-refractivity contribution is 8.00. The van der Waals surface area contributed by atoms with Gasteiger partial charge < -0.3 is 52.1 Å². The van der Waals surface area contributed by atoms with Gasteiger partial charge in [-0.2, -0.15) is 23.5 Å². The first-order chi connectivity index (χ1) is 27.5. The summed E-state index contributed by atoms with van der Waals surface area (Å²) in [6.45, 7) is 11.1. The van der Waals surface area contributed by atoms with E-state index in [1.165, 1.54) is 0 Å². The van der Waals surface area contributed by atoms with E-state index in [0.29, 0.717) is 0 Å². The summed E-state index contributed by atoms with van der Waals surface area (Å²) < 4.78 is 63.8. The van der Waals surface area contributed by atoms with E-state index < -0.39 is 116 Å². The number of esters is 7. The predicted octanol–water partition coefficient (Wildman–Crippen LogP) is 3.31. The number of hydrogen-bond acceptors (Lipinski definition) is 20. The van der Waals surface area contributed by atoms with Gasteiger partial charge in [-0.1, -0.05) is 26.7 Å². The van der Waals surface area contributed by atoms with E-state index in [0.717, 1.165) is 97.2 Å². The number of carbonyl (C=O) groups is 7. The third kappa shape index (κ3) is 18.4. The standard InChI is InChI=1S/C38H60O18S2/c1-10-12-14-57-19-28(20-58-15-13-11-2)16-48-37-35(52-26(8)44)34(51-25(7)43)32(30(54-37)18-47-22(4)40)56-38-36(53-27(9)45)33(50-24(6)42)31(49-23(5)41)29(55-38)17-46-21(3)39/h28-38H,10-20H2,1-9H3/t29-,30-,31+,32+,33+,34+,35-,36-,37-,38-/m1/s1. The zero-order valence-electron chi connectivity index (χ0n) is 34.8. The van der Waals surface area contributed by atoms with Crippen molar-refractivity contribution in [1.29, 1.82) is 0 Å². The molecule has 0 aromatic rings. The van der Waals surface area contributed by atoms with Gasteiger partial charge in [0.05, 0.1) is 6.61 Å². The summed E-state index contributed by atoms with van der Waals surface area (Å²) in [6.07, 6.45) is -10.9. The summed E-state index contributed by atoms with van der Waals surface area (Å²) in [4.78, 5) is 86.6. The molecular weight excluding hydrogens is 809 g/mol. The maximum atomic E-state index is 12.8. The van der Waals surface area contributed by atoms with Gasteiger partial charge in [-0.25, -0.2) is 0 Å². The van der Waals surface area contributed by atoms with E-state index in [1.807, 2.05) is 0 Å². The Balaban J connectivity index is 2.66. The van der Waals surface area contributed by atoms with E-state index in [2.05, 4.69) is 13.8 Å². The van der Waals surface area contributed by atoms with Crippen LogP contribution >= 0.6 is 23.5 Å². The van der Waals surface area contributed by atoms with Gasteiger partial charge in [0.1, 0.15) is 31.5 Å². The zero-order valence-corrected chi connectivity index (χ0v) is 36.4. The molecule has 2 fully saturated rings. The number of hydrogen-bond donors (Lipinski definition) is 0. The maximum absolute atomic E-state index is 12.8. The van der Waals surface area contributed by atoms with Crippen LogP contribution in [0.15, 0.2) is 0 Å². The molecule has 0 saturated carbocycles. The lowest BCUT2D eigenvalue weighted by Gasteiger charge is -2.48. The largest absolute Gasteiger partial charge is 0.463 e. The second-order valence-corrected chi connectivity index (χ2v) is 16.0. The highest BCUT2D eigenvalue weighted by atomic mass is 32.2. The van der Waals surface area contributed by atoms with Gasteiger partial charge in [-0.05, 0) is 35.9 Å². The number of thioether (sulfide) groups is 2. The lowest BCUT2D eigenvalue weighted by Crippen LogP contribution is -2.67. The first-order valence-electron chi connectivity index (χ1n) is 19.3. The van der Waals surface area contributed by atoms with Gasteiger partial charge in [0.15, 0.2) is 43.1 Å². The molecule has 0 aromatic heterocycles. The van der Waals surface area contributed by atoms with Crippen LogP contribution in [-0.4, -0.2) is 146 Å². The third-order valence-corrected chi connectivity index (χ3v) is 10.9. The fourth-order valence-corrected chi connectivity index (χ4v) is 8.54. The number of unbranched alkanes of at least 4 members (excludes halogenated alkanes) is 2. The molecule has 2 rings (SSSR count). The van der Waals surface area contributed by atoms with E-state index >= 15 is 0 Å². The Bertz CT molecular complexity index is 1340. The fourth-order valence-electron chi connectivity index (χ4n) is 5.97. The summed E-state index contributed by atoms with van der Waals surface area (Å²) in [5.74, 6) is -2.11. The van der Waals surface area contributed by atoms with Crippen LogP contribution in [0.3, 0.4) is 0 Å². The topological polar surface area (TPSA) is 221 Å². The Morgan fingerprint density at radius 2 is 0.879 bits per heavy atom. The van der Waals surface area contributed by atoms with Gasteiger partial charge in [0.2, 0.25) is 0 Å². The first kappa shape index (κ1) is 51.0. The van der Waals surface area contributed by atoms with Crippen LogP contribution in [0, 0.1) is 5.92 Å². The van der Waals surface area contributed by atoms with Crippen LogP contribution in [0.5, 0.6) is 0 Å². The Morgan fingerprint density at radius 3 is 1.31 bits per heavy atom. The third-order valence-electron chi connectivity index (χ3n) is 8.37. The highest BCUT2D eigenvalue weighted by Crippen LogP contribution is 2.36. The molecule has 0 radical (unpaired) electrons. The number of ether oxygens (including phenoxy) is 11. The zero-order chi connectivity index (χ0) is 43.4. The van der Waals surface area contributed by atoms with Crippen molar-refractivity contribution in [2.45, 2.75) is 149 Å². The molecule has 10 atom stereocenters. The van der Waals surface area contributed by atoms with Gasteiger partial charge in [-0.15, -0.1) is 0 Å². The molecule has 332 valence electrons. The monoisotopic (exact) mass is 868 g/mol. The van der Waals surface area contributed by atoms with Crippen LogP contribution in [-0.2, 0) is 85.7 Å². The molecular formula is C38H60O18S2. The average Bonchev–Trinajstić information content (AvgIpc) is 3.12. The fraction of sp³-hybridized carbons (Fsp3) is 0.816. The Labute approximate surface area is 348 Å². The molecule has 58 heavy (non-hydrogen) atoms. The van der Waals surface area contributed by atoms with Crippen LogP contribution in [0.1, 0.15) is 88.0 Å². The summed E-state index contributed by atoms with van der Waals surface area (Å²) in [5.41, 5.74) is 0. The normalized spacial score (nSPS) is 26.9. The van der Waals surface area contributed by atoms with Crippen LogP contribution in [0.2, 0.25) is 0 Å². The molecule has 0 aromatic carbocycles. The molecule has 0 bridgehead atoms. The molecule has 0 spiro atoms. The minimum absolute atomic E-state index is 0.0519. The Morgan fingerprint density at radius 1 is 0.500 bits per heavy atom. The molecule has 0 unspecified atom stereocenters.